The molecule has 3 aliphatic carbocycles. The van der Waals surface area contributed by atoms with E-state index in [9.17, 15) is 24.2 Å². The zero-order valence-electron chi connectivity index (χ0n) is 11.4. The summed E-state index contributed by atoms with van der Waals surface area (Å²) < 4.78 is 63.5. The molecule has 1 aromatic rings. The van der Waals surface area contributed by atoms with Crippen LogP contribution in [0.15, 0.2) is 29.2 Å². The summed E-state index contributed by atoms with van der Waals surface area (Å²) in [4.78, 5) is 9.73. The number of benzene rings is 1. The molecule has 2 bridgehead atoms. The molecule has 4 rings (SSSR count). The highest BCUT2D eigenvalue weighted by Gasteiger charge is 2.65. The predicted molar refractivity (Wildman–Crippen MR) is 73.3 cm³/mol. The van der Waals surface area contributed by atoms with Crippen molar-refractivity contribution in [2.75, 3.05) is 0 Å². The molecular formula is C13H15F5N2OS. The lowest BCUT2D eigenvalue weighted by Gasteiger charge is -2.61. The van der Waals surface area contributed by atoms with Crippen molar-refractivity contribution in [2.24, 2.45) is 5.92 Å². The van der Waals surface area contributed by atoms with Gasteiger partial charge in [0.15, 0.2) is 0 Å². The fourth-order valence-electron chi connectivity index (χ4n) is 2.99. The number of hydrogen-bond donors (Lipinski definition) is 2. The van der Waals surface area contributed by atoms with Crippen molar-refractivity contribution >= 4 is 16.3 Å². The molecule has 2 amide bonds. The number of urea groups is 1. The molecule has 3 nitrogen and oxygen atoms in total. The number of halogens is 5. The van der Waals surface area contributed by atoms with Gasteiger partial charge in [-0.25, -0.2) is 4.79 Å². The normalized spacial score (nSPS) is 29.4. The zero-order chi connectivity index (χ0) is 16.3. The van der Waals surface area contributed by atoms with E-state index < -0.39 is 21.2 Å². The minimum Gasteiger partial charge on any atom is -0.334 e. The number of carbonyl (C=O) groups excluding carboxylic acids is 1. The molecule has 2 N–H and O–H groups in total. The SMILES string of the molecule is O=C(NCc1cccc(S(F)(F)(F)(F)F)c1)NC12CC(C1)C2. The highest BCUT2D eigenvalue weighted by Crippen LogP contribution is 3.02. The van der Waals surface area contributed by atoms with Gasteiger partial charge in [-0.05, 0) is 42.9 Å². The molecule has 0 aromatic heterocycles. The molecule has 0 aliphatic heterocycles. The summed E-state index contributed by atoms with van der Waals surface area (Å²) in [5.74, 6) is 0.675. The molecule has 0 saturated heterocycles. The van der Waals surface area contributed by atoms with E-state index in [1.54, 1.807) is 0 Å². The Morgan fingerprint density at radius 1 is 1.18 bits per heavy atom. The van der Waals surface area contributed by atoms with Gasteiger partial charge in [-0.15, -0.1) is 0 Å². The van der Waals surface area contributed by atoms with Crippen LogP contribution >= 0.6 is 10.2 Å². The summed E-state index contributed by atoms with van der Waals surface area (Å²) in [5, 5.41) is 5.18. The Hall–Kier alpha value is -1.51. The highest BCUT2D eigenvalue weighted by molar-refractivity contribution is 8.45. The Kier molecular flexibility index (Phi) is 2.71. The summed E-state index contributed by atoms with van der Waals surface area (Å²) in [6, 6.07) is 2.39. The lowest BCUT2D eigenvalue weighted by atomic mass is 9.50. The molecule has 124 valence electrons. The molecule has 1 aromatic carbocycles. The second-order valence-corrected chi connectivity index (χ2v) is 8.59. The third-order valence-electron chi connectivity index (χ3n) is 4.21. The molecule has 0 atom stereocenters. The molecule has 22 heavy (non-hydrogen) atoms. The van der Waals surface area contributed by atoms with Crippen LogP contribution in [0, 0.1) is 5.92 Å². The minimum absolute atomic E-state index is 0.0292. The van der Waals surface area contributed by atoms with Gasteiger partial charge in [0.1, 0.15) is 4.90 Å². The van der Waals surface area contributed by atoms with Gasteiger partial charge < -0.3 is 10.6 Å². The van der Waals surface area contributed by atoms with Crippen molar-refractivity contribution in [2.45, 2.75) is 36.2 Å². The molecular weight excluding hydrogens is 327 g/mol. The molecule has 9 heteroatoms. The van der Waals surface area contributed by atoms with Crippen molar-refractivity contribution < 1.29 is 24.2 Å². The van der Waals surface area contributed by atoms with Crippen LogP contribution in [0.25, 0.3) is 0 Å². The Balaban J connectivity index is 1.62. The molecule has 0 heterocycles. The van der Waals surface area contributed by atoms with Crippen LogP contribution in [0.3, 0.4) is 0 Å². The van der Waals surface area contributed by atoms with E-state index in [1.165, 1.54) is 6.07 Å². The molecule has 0 unspecified atom stereocenters. The average molecular weight is 342 g/mol. The van der Waals surface area contributed by atoms with Crippen LogP contribution < -0.4 is 10.6 Å². The van der Waals surface area contributed by atoms with E-state index in [-0.39, 0.29) is 17.6 Å². The van der Waals surface area contributed by atoms with E-state index in [2.05, 4.69) is 10.6 Å². The van der Waals surface area contributed by atoms with Gasteiger partial charge in [0.2, 0.25) is 0 Å². The second kappa shape index (κ2) is 3.87. The fraction of sp³-hybridized carbons (Fsp3) is 0.462. The van der Waals surface area contributed by atoms with Crippen LogP contribution in [-0.2, 0) is 6.54 Å². The lowest BCUT2D eigenvalue weighted by Crippen LogP contribution is -2.69. The summed E-state index contributed by atoms with van der Waals surface area (Å²) in [6.07, 6.45) is 2.79. The van der Waals surface area contributed by atoms with Crippen molar-refractivity contribution in [1.82, 2.24) is 10.6 Å². The summed E-state index contributed by atoms with van der Waals surface area (Å²) in [5.41, 5.74) is -0.182. The maximum Gasteiger partial charge on any atom is 0.315 e. The molecule has 0 spiro atoms. The van der Waals surface area contributed by atoms with E-state index in [0.29, 0.717) is 18.1 Å². The van der Waals surface area contributed by atoms with Gasteiger partial charge in [-0.3, -0.25) is 0 Å². The van der Waals surface area contributed by atoms with Gasteiger partial charge in [0.05, 0.1) is 0 Å². The highest BCUT2D eigenvalue weighted by atomic mass is 32.5. The van der Waals surface area contributed by atoms with E-state index in [0.717, 1.165) is 25.3 Å². The maximum atomic E-state index is 12.7. The molecule has 3 saturated carbocycles. The van der Waals surface area contributed by atoms with Crippen LogP contribution in [0.4, 0.5) is 24.2 Å². The Labute approximate surface area is 124 Å². The van der Waals surface area contributed by atoms with E-state index in [1.807, 2.05) is 0 Å². The molecule has 3 aliphatic rings. The Bertz CT molecular complexity index is 628. The smallest absolute Gasteiger partial charge is 0.315 e. The standard InChI is InChI=1S/C13H15F5N2OS/c14-22(15,16,17,18)11-3-1-2-9(4-11)8-19-12(21)20-13-5-10(6-13)7-13/h1-4,10H,5-8H2,(H2,19,20,21). The summed E-state index contributed by atoms with van der Waals surface area (Å²) in [6.45, 7) is -0.243. The first kappa shape index (κ1) is 15.4. The van der Waals surface area contributed by atoms with Crippen LogP contribution in [0.1, 0.15) is 24.8 Å². The third kappa shape index (κ3) is 2.99. The first-order chi connectivity index (χ1) is 9.85. The third-order valence-corrected chi connectivity index (χ3v) is 5.36. The van der Waals surface area contributed by atoms with E-state index >= 15 is 0 Å². The largest absolute Gasteiger partial charge is 0.334 e. The fourth-order valence-corrected chi connectivity index (χ4v) is 3.70. The summed E-state index contributed by atoms with van der Waals surface area (Å²) >= 11 is 0. The average Bonchev–Trinajstić information content (AvgIpc) is 2.27. The minimum atomic E-state index is -9.69. The lowest BCUT2D eigenvalue weighted by molar-refractivity contribution is -0.0402. The topological polar surface area (TPSA) is 41.1 Å². The van der Waals surface area contributed by atoms with Gasteiger partial charge in [-0.2, -0.15) is 0 Å². The number of rotatable bonds is 4. The Morgan fingerprint density at radius 2 is 1.82 bits per heavy atom. The van der Waals surface area contributed by atoms with Crippen LogP contribution in [-0.4, -0.2) is 11.6 Å². The van der Waals surface area contributed by atoms with Crippen molar-refractivity contribution in [3.8, 4) is 0 Å². The maximum absolute atomic E-state index is 12.7. The second-order valence-electron chi connectivity index (χ2n) is 6.18. The van der Waals surface area contributed by atoms with E-state index in [4.69, 9.17) is 0 Å². The predicted octanol–water partition coefficient (Wildman–Crippen LogP) is 4.70. The Morgan fingerprint density at radius 3 is 2.32 bits per heavy atom. The number of carbonyl (C=O) groups is 1. The number of hydrogen-bond acceptors (Lipinski definition) is 1. The summed E-state index contributed by atoms with van der Waals surface area (Å²) in [7, 11) is -9.69. The molecule has 0 radical (unpaired) electrons. The van der Waals surface area contributed by atoms with Gasteiger partial charge in [0, 0.05) is 12.1 Å². The first-order valence-corrected chi connectivity index (χ1v) is 8.69. The zero-order valence-corrected chi connectivity index (χ0v) is 12.2. The molecule has 3 fully saturated rings. The first-order valence-electron chi connectivity index (χ1n) is 6.74. The quantitative estimate of drug-likeness (QED) is 0.766. The number of amides is 2. The van der Waals surface area contributed by atoms with Gasteiger partial charge >= 0.3 is 16.3 Å². The van der Waals surface area contributed by atoms with Crippen molar-refractivity contribution in [1.29, 1.82) is 0 Å². The van der Waals surface area contributed by atoms with Crippen LogP contribution in [0.5, 0.6) is 0 Å². The number of nitrogens with one attached hydrogen (secondary N) is 2. The van der Waals surface area contributed by atoms with Gasteiger partial charge in [0.25, 0.3) is 0 Å². The van der Waals surface area contributed by atoms with Crippen molar-refractivity contribution in [3.63, 3.8) is 0 Å². The van der Waals surface area contributed by atoms with Crippen molar-refractivity contribution in [3.05, 3.63) is 29.8 Å². The monoisotopic (exact) mass is 342 g/mol. The van der Waals surface area contributed by atoms with Gasteiger partial charge in [-0.1, -0.05) is 31.6 Å². The van der Waals surface area contributed by atoms with Crippen LogP contribution in [0.2, 0.25) is 0 Å².